The number of ether oxygens (including phenoxy) is 1. The summed E-state index contributed by atoms with van der Waals surface area (Å²) in [7, 11) is -1.40. The first-order chi connectivity index (χ1) is 11.2. The van der Waals surface area contributed by atoms with Gasteiger partial charge in [-0.1, -0.05) is 51.1 Å². The number of amides is 2. The lowest BCUT2D eigenvalue weighted by molar-refractivity contribution is -0.133. The molecule has 0 aliphatic carbocycles. The minimum atomic E-state index is -1.40. The quantitative estimate of drug-likeness (QED) is 0.783. The molecular formula is C18H27NO4Si. The van der Waals surface area contributed by atoms with Gasteiger partial charge in [0.15, 0.2) is 9.04 Å². The van der Waals surface area contributed by atoms with E-state index in [1.807, 2.05) is 43.4 Å². The van der Waals surface area contributed by atoms with Crippen molar-refractivity contribution < 1.29 is 18.8 Å². The Kier molecular flexibility index (Phi) is 5.82. The molecule has 0 bridgehead atoms. The van der Waals surface area contributed by atoms with Crippen LogP contribution in [0, 0.1) is 11.3 Å². The van der Waals surface area contributed by atoms with Crippen LogP contribution in [0.5, 0.6) is 0 Å². The molecule has 2 amide bonds. The first-order valence-corrected chi connectivity index (χ1v) is 11.2. The summed E-state index contributed by atoms with van der Waals surface area (Å²) in [6.07, 6.45) is -1.13. The van der Waals surface area contributed by atoms with Crippen molar-refractivity contribution in [3.8, 4) is 0 Å². The Bertz CT molecular complexity index is 582. The fourth-order valence-corrected chi connectivity index (χ4v) is 3.74. The van der Waals surface area contributed by atoms with Crippen LogP contribution in [0.3, 0.4) is 0 Å². The maximum atomic E-state index is 12.7. The van der Waals surface area contributed by atoms with Gasteiger partial charge in [-0.2, -0.15) is 0 Å². The van der Waals surface area contributed by atoms with Gasteiger partial charge < -0.3 is 9.16 Å². The Morgan fingerprint density at radius 1 is 1.25 bits per heavy atom. The Morgan fingerprint density at radius 3 is 2.42 bits per heavy atom. The first kappa shape index (κ1) is 18.7. The van der Waals surface area contributed by atoms with Gasteiger partial charge in [0.2, 0.25) is 0 Å². The van der Waals surface area contributed by atoms with Crippen molar-refractivity contribution in [2.24, 2.45) is 11.3 Å². The lowest BCUT2D eigenvalue weighted by Gasteiger charge is -2.30. The topological polar surface area (TPSA) is 55.8 Å². The molecule has 1 heterocycles. The fourth-order valence-electron chi connectivity index (χ4n) is 2.84. The molecule has 2 atom stereocenters. The SMILES string of the molecule is C[SiH](C)OC1C(=O)N(C(=O)OCc2ccccc2)C[C@@H]1C(C)(C)C. The Balaban J connectivity index is 2.06. The van der Waals surface area contributed by atoms with E-state index < -0.39 is 21.2 Å². The van der Waals surface area contributed by atoms with Crippen LogP contribution in [0.2, 0.25) is 13.1 Å². The summed E-state index contributed by atoms with van der Waals surface area (Å²) >= 11 is 0. The highest BCUT2D eigenvalue weighted by Gasteiger charge is 2.49. The molecule has 1 aromatic rings. The fraction of sp³-hybridized carbons (Fsp3) is 0.556. The average molecular weight is 350 g/mol. The summed E-state index contributed by atoms with van der Waals surface area (Å²) in [6, 6.07) is 9.44. The van der Waals surface area contributed by atoms with Crippen molar-refractivity contribution in [2.75, 3.05) is 6.54 Å². The number of rotatable bonds is 4. The molecule has 2 rings (SSSR count). The van der Waals surface area contributed by atoms with Crippen molar-refractivity contribution in [3.05, 3.63) is 35.9 Å². The molecule has 1 saturated heterocycles. The molecule has 5 nitrogen and oxygen atoms in total. The van der Waals surface area contributed by atoms with Gasteiger partial charge in [-0.15, -0.1) is 0 Å². The van der Waals surface area contributed by atoms with Crippen molar-refractivity contribution in [3.63, 3.8) is 0 Å². The van der Waals surface area contributed by atoms with E-state index in [2.05, 4.69) is 20.8 Å². The molecule has 1 aliphatic rings. The normalized spacial score (nSPS) is 21.4. The third-order valence-electron chi connectivity index (χ3n) is 4.21. The van der Waals surface area contributed by atoms with Crippen LogP contribution in [0.25, 0.3) is 0 Å². The van der Waals surface area contributed by atoms with Gasteiger partial charge in [-0.25, -0.2) is 9.69 Å². The molecule has 0 saturated carbocycles. The zero-order valence-electron chi connectivity index (χ0n) is 15.1. The van der Waals surface area contributed by atoms with Gasteiger partial charge in [-0.05, 0) is 24.1 Å². The molecule has 1 fully saturated rings. The molecule has 1 unspecified atom stereocenters. The summed E-state index contributed by atoms with van der Waals surface area (Å²) in [5.74, 6) is -0.293. The molecule has 0 spiro atoms. The number of hydrogen-bond donors (Lipinski definition) is 0. The van der Waals surface area contributed by atoms with Crippen molar-refractivity contribution >= 4 is 21.0 Å². The van der Waals surface area contributed by atoms with Crippen LogP contribution in [0.1, 0.15) is 26.3 Å². The van der Waals surface area contributed by atoms with Crippen LogP contribution in [0.4, 0.5) is 4.79 Å². The minimum Gasteiger partial charge on any atom is -0.444 e. The molecule has 24 heavy (non-hydrogen) atoms. The van der Waals surface area contributed by atoms with Crippen molar-refractivity contribution in [1.29, 1.82) is 0 Å². The molecule has 1 aromatic carbocycles. The van der Waals surface area contributed by atoms with Gasteiger partial charge in [0.25, 0.3) is 5.91 Å². The van der Waals surface area contributed by atoms with Gasteiger partial charge in [0, 0.05) is 12.5 Å². The number of nitrogens with zero attached hydrogens (tertiary/aromatic N) is 1. The number of carbonyl (C=O) groups excluding carboxylic acids is 2. The molecular weight excluding hydrogens is 322 g/mol. The first-order valence-electron chi connectivity index (χ1n) is 8.37. The third-order valence-corrected chi connectivity index (χ3v) is 5.05. The standard InChI is InChI=1S/C18H27NO4Si/c1-18(2,3)14-11-19(16(20)15(14)23-24(4)5)17(21)22-12-13-9-7-6-8-10-13/h6-10,14-15,24H,11-12H2,1-5H3/t14-,15?/m0/s1. The number of carbonyl (C=O) groups is 2. The van der Waals surface area contributed by atoms with Crippen molar-refractivity contribution in [1.82, 2.24) is 4.90 Å². The van der Waals surface area contributed by atoms with Crippen molar-refractivity contribution in [2.45, 2.75) is 46.6 Å². The van der Waals surface area contributed by atoms with E-state index in [9.17, 15) is 9.59 Å². The summed E-state index contributed by atoms with van der Waals surface area (Å²) in [4.78, 5) is 26.3. The summed E-state index contributed by atoms with van der Waals surface area (Å²) in [6.45, 7) is 10.8. The van der Waals surface area contributed by atoms with E-state index in [1.54, 1.807) is 0 Å². The summed E-state index contributed by atoms with van der Waals surface area (Å²) < 4.78 is 11.3. The Labute approximate surface area is 145 Å². The van der Waals surface area contributed by atoms with E-state index >= 15 is 0 Å². The predicted molar refractivity (Wildman–Crippen MR) is 95.0 cm³/mol. The zero-order chi connectivity index (χ0) is 17.9. The molecule has 132 valence electrons. The average Bonchev–Trinajstić information content (AvgIpc) is 2.83. The lowest BCUT2D eigenvalue weighted by atomic mass is 9.79. The second-order valence-corrected chi connectivity index (χ2v) is 9.94. The second kappa shape index (κ2) is 7.48. The number of benzene rings is 1. The highest BCUT2D eigenvalue weighted by Crippen LogP contribution is 2.36. The summed E-state index contributed by atoms with van der Waals surface area (Å²) in [5, 5.41) is 0. The smallest absolute Gasteiger partial charge is 0.416 e. The molecule has 0 aromatic heterocycles. The molecule has 0 N–H and O–H groups in total. The van der Waals surface area contributed by atoms with Crippen LogP contribution >= 0.6 is 0 Å². The maximum absolute atomic E-state index is 12.7. The summed E-state index contributed by atoms with van der Waals surface area (Å²) in [5.41, 5.74) is 0.769. The molecule has 6 heteroatoms. The Hall–Kier alpha value is -1.66. The van der Waals surface area contributed by atoms with E-state index in [4.69, 9.17) is 9.16 Å². The van der Waals surface area contributed by atoms with Crippen LogP contribution in [0.15, 0.2) is 30.3 Å². The third kappa shape index (κ3) is 4.45. The lowest BCUT2D eigenvalue weighted by Crippen LogP contribution is -2.39. The number of likely N-dealkylation sites (tertiary alicyclic amines) is 1. The predicted octanol–water partition coefficient (Wildman–Crippen LogP) is 3.20. The number of hydrogen-bond acceptors (Lipinski definition) is 4. The van der Waals surface area contributed by atoms with Gasteiger partial charge in [0.1, 0.15) is 12.7 Å². The van der Waals surface area contributed by atoms with Gasteiger partial charge in [0.05, 0.1) is 0 Å². The highest BCUT2D eigenvalue weighted by molar-refractivity contribution is 6.48. The monoisotopic (exact) mass is 349 g/mol. The highest BCUT2D eigenvalue weighted by atomic mass is 28.3. The second-order valence-electron chi connectivity index (χ2n) is 7.57. The van der Waals surface area contributed by atoms with E-state index in [-0.39, 0.29) is 23.8 Å². The van der Waals surface area contributed by atoms with E-state index in [1.165, 1.54) is 4.90 Å². The van der Waals surface area contributed by atoms with Crippen LogP contribution in [-0.4, -0.2) is 38.6 Å². The maximum Gasteiger partial charge on any atom is 0.416 e. The van der Waals surface area contributed by atoms with E-state index in [0.717, 1.165) is 5.56 Å². The van der Waals surface area contributed by atoms with E-state index in [0.29, 0.717) is 6.54 Å². The Morgan fingerprint density at radius 2 is 1.88 bits per heavy atom. The molecule has 1 aliphatic heterocycles. The zero-order valence-corrected chi connectivity index (χ0v) is 16.3. The largest absolute Gasteiger partial charge is 0.444 e. The molecule has 0 radical (unpaired) electrons. The van der Waals surface area contributed by atoms with Gasteiger partial charge in [-0.3, -0.25) is 4.79 Å². The van der Waals surface area contributed by atoms with Crippen LogP contribution < -0.4 is 0 Å². The number of imide groups is 1. The van der Waals surface area contributed by atoms with Crippen LogP contribution in [-0.2, 0) is 20.6 Å². The minimum absolute atomic E-state index is 0.0239. The van der Waals surface area contributed by atoms with Gasteiger partial charge >= 0.3 is 6.09 Å².